The van der Waals surface area contributed by atoms with Crippen LogP contribution in [0.15, 0.2) is 0 Å². The summed E-state index contributed by atoms with van der Waals surface area (Å²) in [6.07, 6.45) is 0. The highest BCUT2D eigenvalue weighted by atomic mass is 16.2. The molecular weight excluding hydrogens is 216 g/mol. The van der Waals surface area contributed by atoms with E-state index in [2.05, 4.69) is 34.6 Å². The van der Waals surface area contributed by atoms with Gasteiger partial charge in [-0.25, -0.2) is 4.79 Å². The molecule has 1 saturated heterocycles. The topological polar surface area (TPSA) is 40.6 Å². The molecule has 0 radical (unpaired) electrons. The van der Waals surface area contributed by atoms with E-state index in [0.29, 0.717) is 19.0 Å². The molecule has 4 heteroatoms. The molecule has 17 heavy (non-hydrogen) atoms. The minimum Gasteiger partial charge on any atom is -0.317 e. The summed E-state index contributed by atoms with van der Waals surface area (Å²) in [5, 5.41) is 0. The van der Waals surface area contributed by atoms with Crippen LogP contribution in [0.5, 0.6) is 0 Å². The average molecular weight is 240 g/mol. The molecule has 0 aromatic rings. The van der Waals surface area contributed by atoms with Gasteiger partial charge >= 0.3 is 6.03 Å². The van der Waals surface area contributed by atoms with Crippen LogP contribution in [0.1, 0.15) is 34.6 Å². The van der Waals surface area contributed by atoms with E-state index in [1.54, 1.807) is 9.80 Å². The van der Waals surface area contributed by atoms with Gasteiger partial charge in [0.25, 0.3) is 0 Å². The van der Waals surface area contributed by atoms with E-state index >= 15 is 0 Å². The van der Waals surface area contributed by atoms with Gasteiger partial charge < -0.3 is 9.80 Å². The lowest BCUT2D eigenvalue weighted by Crippen LogP contribution is -2.56. The summed E-state index contributed by atoms with van der Waals surface area (Å²) in [5.41, 5.74) is 0.0246. The van der Waals surface area contributed by atoms with Gasteiger partial charge in [-0.3, -0.25) is 4.79 Å². The van der Waals surface area contributed by atoms with Crippen LogP contribution in [0, 0.1) is 11.3 Å². The van der Waals surface area contributed by atoms with Gasteiger partial charge in [0.15, 0.2) is 5.78 Å². The van der Waals surface area contributed by atoms with Crippen molar-refractivity contribution in [3.05, 3.63) is 0 Å². The van der Waals surface area contributed by atoms with Crippen LogP contribution in [0.3, 0.4) is 0 Å². The minimum absolute atomic E-state index is 0.00762. The van der Waals surface area contributed by atoms with Crippen LogP contribution < -0.4 is 0 Å². The van der Waals surface area contributed by atoms with E-state index in [1.165, 1.54) is 0 Å². The van der Waals surface area contributed by atoms with Gasteiger partial charge in [-0.2, -0.15) is 0 Å². The second-order valence-corrected chi connectivity index (χ2v) is 6.51. The highest BCUT2D eigenvalue weighted by Crippen LogP contribution is 2.18. The van der Waals surface area contributed by atoms with Crippen molar-refractivity contribution in [3.8, 4) is 0 Å². The van der Waals surface area contributed by atoms with E-state index < -0.39 is 0 Å². The standard InChI is InChI=1S/C13H24N2O2/c1-10(2)6-14-7-11(16)8-15(12(14)17)9-13(3,4)5/h10H,6-9H2,1-5H3. The maximum atomic E-state index is 12.2. The Bertz CT molecular complexity index is 305. The van der Waals surface area contributed by atoms with Gasteiger partial charge in [-0.1, -0.05) is 34.6 Å². The Balaban J connectivity index is 2.72. The second kappa shape index (κ2) is 5.07. The fraction of sp³-hybridized carbons (Fsp3) is 0.846. The first-order chi connectivity index (χ1) is 7.69. The van der Waals surface area contributed by atoms with E-state index in [1.807, 2.05) is 0 Å². The van der Waals surface area contributed by atoms with Crippen molar-refractivity contribution < 1.29 is 9.59 Å². The first-order valence-corrected chi connectivity index (χ1v) is 6.24. The Kier molecular flexibility index (Phi) is 4.17. The summed E-state index contributed by atoms with van der Waals surface area (Å²) in [5.74, 6) is 0.524. The predicted octanol–water partition coefficient (Wildman–Crippen LogP) is 2.00. The molecule has 2 amide bonds. The fourth-order valence-corrected chi connectivity index (χ4v) is 2.09. The van der Waals surface area contributed by atoms with Gasteiger partial charge in [0, 0.05) is 13.1 Å². The first-order valence-electron chi connectivity index (χ1n) is 6.24. The van der Waals surface area contributed by atoms with Crippen molar-refractivity contribution >= 4 is 11.8 Å². The molecule has 4 nitrogen and oxygen atoms in total. The minimum atomic E-state index is 0.00762. The van der Waals surface area contributed by atoms with Crippen LogP contribution >= 0.6 is 0 Å². The third kappa shape index (κ3) is 4.36. The molecule has 0 aliphatic carbocycles. The maximum Gasteiger partial charge on any atom is 0.320 e. The highest BCUT2D eigenvalue weighted by Gasteiger charge is 2.32. The molecule has 0 N–H and O–H groups in total. The molecular formula is C13H24N2O2. The smallest absolute Gasteiger partial charge is 0.317 e. The number of urea groups is 1. The molecule has 0 saturated carbocycles. The Hall–Kier alpha value is -1.06. The van der Waals surface area contributed by atoms with Crippen LogP contribution in [0.4, 0.5) is 4.79 Å². The Morgan fingerprint density at radius 3 is 2.12 bits per heavy atom. The number of carbonyl (C=O) groups excluding carboxylic acids is 2. The average Bonchev–Trinajstić information content (AvgIpc) is 2.09. The van der Waals surface area contributed by atoms with Crippen LogP contribution in [-0.4, -0.2) is 47.8 Å². The maximum absolute atomic E-state index is 12.2. The number of Topliss-reactive ketones (excluding diaryl/α,β-unsaturated/α-hetero) is 1. The second-order valence-electron chi connectivity index (χ2n) is 6.51. The molecule has 0 bridgehead atoms. The van der Waals surface area contributed by atoms with Crippen LogP contribution in [0.25, 0.3) is 0 Å². The number of ketones is 1. The lowest BCUT2D eigenvalue weighted by Gasteiger charge is -2.38. The summed E-state index contributed by atoms with van der Waals surface area (Å²) in [7, 11) is 0. The fourth-order valence-electron chi connectivity index (χ4n) is 2.09. The van der Waals surface area contributed by atoms with Gasteiger partial charge in [0.2, 0.25) is 0 Å². The highest BCUT2D eigenvalue weighted by molar-refractivity contribution is 5.93. The van der Waals surface area contributed by atoms with E-state index in [0.717, 1.165) is 0 Å². The normalized spacial score (nSPS) is 18.2. The zero-order valence-corrected chi connectivity index (χ0v) is 11.6. The summed E-state index contributed by atoms with van der Waals surface area (Å²) < 4.78 is 0. The first kappa shape index (κ1) is 14.0. The van der Waals surface area contributed by atoms with Crippen LogP contribution in [0.2, 0.25) is 0 Å². The largest absolute Gasteiger partial charge is 0.320 e. The zero-order chi connectivity index (χ0) is 13.2. The molecule has 0 aromatic carbocycles. The number of amides is 2. The number of nitrogens with zero attached hydrogens (tertiary/aromatic N) is 2. The molecule has 0 spiro atoms. The van der Waals surface area contributed by atoms with Gasteiger partial charge in [-0.05, 0) is 11.3 Å². The van der Waals surface area contributed by atoms with Crippen molar-refractivity contribution in [1.82, 2.24) is 9.80 Å². The van der Waals surface area contributed by atoms with E-state index in [4.69, 9.17) is 0 Å². The molecule has 1 aliphatic rings. The molecule has 1 heterocycles. The lowest BCUT2D eigenvalue weighted by atomic mass is 9.95. The SMILES string of the molecule is CC(C)CN1CC(=O)CN(CC(C)(C)C)C1=O. The Morgan fingerprint density at radius 2 is 1.65 bits per heavy atom. The van der Waals surface area contributed by atoms with Gasteiger partial charge in [0.1, 0.15) is 0 Å². The number of carbonyl (C=O) groups is 2. The number of hydrogen-bond donors (Lipinski definition) is 0. The Morgan fingerprint density at radius 1 is 1.12 bits per heavy atom. The summed E-state index contributed by atoms with van der Waals surface area (Å²) >= 11 is 0. The molecule has 0 atom stereocenters. The molecule has 1 fully saturated rings. The predicted molar refractivity (Wildman–Crippen MR) is 67.8 cm³/mol. The molecule has 0 aromatic heterocycles. The van der Waals surface area contributed by atoms with Crippen LogP contribution in [-0.2, 0) is 4.79 Å². The third-order valence-electron chi connectivity index (χ3n) is 2.53. The summed E-state index contributed by atoms with van der Waals surface area (Å²) in [4.78, 5) is 27.2. The van der Waals surface area contributed by atoms with E-state index in [9.17, 15) is 9.59 Å². The molecule has 1 rings (SSSR count). The van der Waals surface area contributed by atoms with Crippen molar-refractivity contribution in [1.29, 1.82) is 0 Å². The van der Waals surface area contributed by atoms with Crippen molar-refractivity contribution in [2.75, 3.05) is 26.2 Å². The van der Waals surface area contributed by atoms with Gasteiger partial charge in [0.05, 0.1) is 13.1 Å². The monoisotopic (exact) mass is 240 g/mol. The lowest BCUT2D eigenvalue weighted by molar-refractivity contribution is -0.122. The summed E-state index contributed by atoms with van der Waals surface area (Å²) in [6.45, 7) is 12.2. The van der Waals surface area contributed by atoms with Gasteiger partial charge in [-0.15, -0.1) is 0 Å². The number of hydrogen-bond acceptors (Lipinski definition) is 2. The van der Waals surface area contributed by atoms with Crippen molar-refractivity contribution in [2.45, 2.75) is 34.6 Å². The van der Waals surface area contributed by atoms with Crippen molar-refractivity contribution in [2.24, 2.45) is 11.3 Å². The summed E-state index contributed by atoms with van der Waals surface area (Å²) in [6, 6.07) is 0.00762. The molecule has 98 valence electrons. The van der Waals surface area contributed by atoms with Crippen molar-refractivity contribution in [3.63, 3.8) is 0 Å². The van der Waals surface area contributed by atoms with E-state index in [-0.39, 0.29) is 30.3 Å². The zero-order valence-electron chi connectivity index (χ0n) is 11.6. The third-order valence-corrected chi connectivity index (χ3v) is 2.53. The Labute approximate surface area is 104 Å². The number of rotatable bonds is 3. The molecule has 0 unspecified atom stereocenters. The molecule has 1 aliphatic heterocycles. The quantitative estimate of drug-likeness (QED) is 0.757.